The lowest BCUT2D eigenvalue weighted by Gasteiger charge is -2.29. The van der Waals surface area contributed by atoms with Crippen molar-refractivity contribution in [2.75, 3.05) is 20.1 Å². The molecule has 0 aliphatic carbocycles. The van der Waals surface area contributed by atoms with Gasteiger partial charge in [-0.25, -0.2) is 0 Å². The van der Waals surface area contributed by atoms with Crippen molar-refractivity contribution in [3.05, 3.63) is 37.0 Å². The fourth-order valence-corrected chi connectivity index (χ4v) is 2.08. The van der Waals surface area contributed by atoms with Crippen molar-refractivity contribution in [2.45, 2.75) is 33.1 Å². The Morgan fingerprint density at radius 3 is 2.69 bits per heavy atom. The summed E-state index contributed by atoms with van der Waals surface area (Å²) >= 11 is 0. The predicted octanol–water partition coefficient (Wildman–Crippen LogP) is 4.04. The Balaban J connectivity index is 0.00000106. The Morgan fingerprint density at radius 1 is 1.44 bits per heavy atom. The van der Waals surface area contributed by atoms with Crippen molar-refractivity contribution >= 4 is 0 Å². The first-order valence-electron chi connectivity index (χ1n) is 6.38. The van der Waals surface area contributed by atoms with Gasteiger partial charge in [0.25, 0.3) is 0 Å². The zero-order valence-corrected chi connectivity index (χ0v) is 11.2. The predicted molar refractivity (Wildman–Crippen MR) is 74.7 cm³/mol. The van der Waals surface area contributed by atoms with Crippen LogP contribution in [0.4, 0.5) is 0 Å². The minimum absolute atomic E-state index is 0.802. The molecule has 16 heavy (non-hydrogen) atoms. The van der Waals surface area contributed by atoms with Crippen LogP contribution in [0, 0.1) is 5.92 Å². The van der Waals surface area contributed by atoms with Crippen LogP contribution in [-0.2, 0) is 0 Å². The van der Waals surface area contributed by atoms with Crippen molar-refractivity contribution in [2.24, 2.45) is 5.92 Å². The zero-order chi connectivity index (χ0) is 12.4. The van der Waals surface area contributed by atoms with Crippen LogP contribution in [0.5, 0.6) is 0 Å². The van der Waals surface area contributed by atoms with Gasteiger partial charge in [0.15, 0.2) is 0 Å². The van der Waals surface area contributed by atoms with Crippen LogP contribution in [0.15, 0.2) is 37.0 Å². The largest absolute Gasteiger partial charge is 0.306 e. The van der Waals surface area contributed by atoms with E-state index in [0.717, 1.165) is 12.3 Å². The highest BCUT2D eigenvalue weighted by Crippen LogP contribution is 2.21. The van der Waals surface area contributed by atoms with Crippen molar-refractivity contribution in [3.8, 4) is 0 Å². The molecule has 1 atom stereocenters. The SMILES string of the molecule is C=C/C=C\C(=C)CC1CCCN(C)C1.CC. The second kappa shape index (κ2) is 9.41. The molecule has 0 spiro atoms. The molecular formula is C15H27N. The Kier molecular flexibility index (Phi) is 8.93. The molecule has 1 unspecified atom stereocenters. The monoisotopic (exact) mass is 221 g/mol. The van der Waals surface area contributed by atoms with E-state index in [1.165, 1.54) is 31.5 Å². The molecule has 1 nitrogen and oxygen atoms in total. The van der Waals surface area contributed by atoms with Gasteiger partial charge in [-0.2, -0.15) is 0 Å². The van der Waals surface area contributed by atoms with E-state index in [-0.39, 0.29) is 0 Å². The first-order valence-corrected chi connectivity index (χ1v) is 6.38. The standard InChI is InChI=1S/C13H21N.C2H6/c1-4-5-7-12(2)10-13-8-6-9-14(3)11-13;1-2/h4-5,7,13H,1-2,6,8-11H2,3H3;1-2H3/b7-5-;. The normalized spacial score (nSPS) is 21.3. The lowest BCUT2D eigenvalue weighted by atomic mass is 9.92. The van der Waals surface area contributed by atoms with Gasteiger partial charge in [-0.1, -0.05) is 50.8 Å². The van der Waals surface area contributed by atoms with Crippen LogP contribution in [0.25, 0.3) is 0 Å². The number of allylic oxidation sites excluding steroid dienone is 4. The molecule has 0 aromatic heterocycles. The number of hydrogen-bond donors (Lipinski definition) is 0. The Hall–Kier alpha value is -0.820. The number of nitrogens with zero attached hydrogens (tertiary/aromatic N) is 1. The molecular weight excluding hydrogens is 194 g/mol. The van der Waals surface area contributed by atoms with Crippen LogP contribution in [0.2, 0.25) is 0 Å². The van der Waals surface area contributed by atoms with E-state index < -0.39 is 0 Å². The van der Waals surface area contributed by atoms with Gasteiger partial charge in [0.2, 0.25) is 0 Å². The molecule has 92 valence electrons. The second-order valence-corrected chi connectivity index (χ2v) is 4.23. The van der Waals surface area contributed by atoms with E-state index in [9.17, 15) is 0 Å². The number of rotatable bonds is 4. The molecule has 0 aromatic rings. The average molecular weight is 221 g/mol. The maximum atomic E-state index is 4.06. The fourth-order valence-electron chi connectivity index (χ4n) is 2.08. The van der Waals surface area contributed by atoms with Crippen molar-refractivity contribution in [1.29, 1.82) is 0 Å². The first-order chi connectivity index (χ1) is 7.72. The van der Waals surface area contributed by atoms with E-state index >= 15 is 0 Å². The summed E-state index contributed by atoms with van der Waals surface area (Å²) in [4.78, 5) is 2.42. The zero-order valence-electron chi connectivity index (χ0n) is 11.2. The summed E-state index contributed by atoms with van der Waals surface area (Å²) in [5.74, 6) is 0.802. The minimum atomic E-state index is 0.802. The van der Waals surface area contributed by atoms with Crippen LogP contribution in [0.3, 0.4) is 0 Å². The van der Waals surface area contributed by atoms with E-state index in [0.29, 0.717) is 0 Å². The van der Waals surface area contributed by atoms with Crippen LogP contribution >= 0.6 is 0 Å². The highest BCUT2D eigenvalue weighted by atomic mass is 15.1. The summed E-state index contributed by atoms with van der Waals surface area (Å²) < 4.78 is 0. The van der Waals surface area contributed by atoms with E-state index in [1.807, 2.05) is 19.9 Å². The fraction of sp³-hybridized carbons (Fsp3) is 0.600. The number of piperidine rings is 1. The minimum Gasteiger partial charge on any atom is -0.306 e. The molecule has 1 aliphatic rings. The molecule has 1 fully saturated rings. The quantitative estimate of drug-likeness (QED) is 0.648. The van der Waals surface area contributed by atoms with Crippen LogP contribution in [0.1, 0.15) is 33.1 Å². The van der Waals surface area contributed by atoms with E-state index in [2.05, 4.69) is 31.2 Å². The molecule has 0 radical (unpaired) electrons. The first kappa shape index (κ1) is 15.2. The average Bonchev–Trinajstić information content (AvgIpc) is 2.29. The van der Waals surface area contributed by atoms with Gasteiger partial charge < -0.3 is 4.90 Å². The van der Waals surface area contributed by atoms with Gasteiger partial charge >= 0.3 is 0 Å². The van der Waals surface area contributed by atoms with Crippen molar-refractivity contribution in [3.63, 3.8) is 0 Å². The molecule has 1 saturated heterocycles. The molecule has 1 heterocycles. The van der Waals surface area contributed by atoms with Gasteiger partial charge in [0.1, 0.15) is 0 Å². The summed E-state index contributed by atoms with van der Waals surface area (Å²) in [5.41, 5.74) is 1.23. The summed E-state index contributed by atoms with van der Waals surface area (Å²) in [5, 5.41) is 0. The van der Waals surface area contributed by atoms with Crippen molar-refractivity contribution in [1.82, 2.24) is 4.90 Å². The van der Waals surface area contributed by atoms with Gasteiger partial charge in [0, 0.05) is 6.54 Å². The molecule has 0 aromatic carbocycles. The Morgan fingerprint density at radius 2 is 2.12 bits per heavy atom. The third kappa shape index (κ3) is 6.62. The summed E-state index contributed by atoms with van der Waals surface area (Å²) in [6, 6.07) is 0. The Labute approximate surface area is 102 Å². The smallest absolute Gasteiger partial charge is 0.000979 e. The number of hydrogen-bond acceptors (Lipinski definition) is 1. The maximum Gasteiger partial charge on any atom is 0.000979 e. The van der Waals surface area contributed by atoms with Crippen molar-refractivity contribution < 1.29 is 0 Å². The van der Waals surface area contributed by atoms with E-state index in [4.69, 9.17) is 0 Å². The summed E-state index contributed by atoms with van der Waals surface area (Å²) in [7, 11) is 2.20. The van der Waals surface area contributed by atoms with Crippen LogP contribution in [-0.4, -0.2) is 25.0 Å². The third-order valence-corrected chi connectivity index (χ3v) is 2.74. The summed E-state index contributed by atoms with van der Waals surface area (Å²) in [6.45, 7) is 14.2. The highest BCUT2D eigenvalue weighted by Gasteiger charge is 2.16. The molecule has 0 bridgehead atoms. The lowest BCUT2D eigenvalue weighted by Crippen LogP contribution is -2.32. The highest BCUT2D eigenvalue weighted by molar-refractivity contribution is 5.18. The van der Waals surface area contributed by atoms with Gasteiger partial charge in [-0.3, -0.25) is 0 Å². The third-order valence-electron chi connectivity index (χ3n) is 2.74. The Bertz CT molecular complexity index is 228. The molecule has 1 aliphatic heterocycles. The van der Waals surface area contributed by atoms with E-state index in [1.54, 1.807) is 6.08 Å². The number of likely N-dealkylation sites (tertiary alicyclic amines) is 1. The van der Waals surface area contributed by atoms with Gasteiger partial charge in [-0.05, 0) is 38.8 Å². The van der Waals surface area contributed by atoms with Crippen LogP contribution < -0.4 is 0 Å². The molecule has 0 N–H and O–H groups in total. The maximum absolute atomic E-state index is 4.06. The van der Waals surface area contributed by atoms with Gasteiger partial charge in [0.05, 0.1) is 0 Å². The molecule has 0 amide bonds. The topological polar surface area (TPSA) is 3.24 Å². The summed E-state index contributed by atoms with van der Waals surface area (Å²) in [6.07, 6.45) is 9.66. The van der Waals surface area contributed by atoms with Gasteiger partial charge in [-0.15, -0.1) is 0 Å². The molecule has 0 saturated carbocycles. The second-order valence-electron chi connectivity index (χ2n) is 4.23. The molecule has 1 heteroatoms. The molecule has 1 rings (SSSR count). The lowest BCUT2D eigenvalue weighted by molar-refractivity contribution is 0.210.